The maximum Gasteiger partial charge on any atom is 0.323 e. The van der Waals surface area contributed by atoms with Crippen molar-refractivity contribution in [2.45, 2.75) is 32.8 Å². The van der Waals surface area contributed by atoms with Gasteiger partial charge in [-0.25, -0.2) is 0 Å². The van der Waals surface area contributed by atoms with E-state index in [2.05, 4.69) is 20.3 Å². The molecule has 0 atom stereocenters. The summed E-state index contributed by atoms with van der Waals surface area (Å²) >= 11 is 0. The van der Waals surface area contributed by atoms with Gasteiger partial charge in [0.05, 0.1) is 12.2 Å². The molecular weight excluding hydrogens is 234 g/mol. The van der Waals surface area contributed by atoms with Crippen LogP contribution in [0.15, 0.2) is 0 Å². The second kappa shape index (κ2) is 6.34. The highest BCUT2D eigenvalue weighted by molar-refractivity contribution is 5.32. The number of nitrogens with one attached hydrogen (secondary N) is 1. The molecule has 0 amide bonds. The van der Waals surface area contributed by atoms with Crippen molar-refractivity contribution in [2.24, 2.45) is 0 Å². The molecule has 1 aromatic rings. The van der Waals surface area contributed by atoms with Gasteiger partial charge in [-0.3, -0.25) is 0 Å². The lowest BCUT2D eigenvalue weighted by Gasteiger charge is -2.23. The third kappa shape index (κ3) is 4.70. The van der Waals surface area contributed by atoms with Gasteiger partial charge in [0, 0.05) is 13.7 Å². The highest BCUT2D eigenvalue weighted by Gasteiger charge is 2.17. The minimum absolute atomic E-state index is 0.133. The zero-order valence-electron chi connectivity index (χ0n) is 11.4. The van der Waals surface area contributed by atoms with Gasteiger partial charge in [-0.2, -0.15) is 15.0 Å². The first kappa shape index (κ1) is 14.4. The number of rotatable bonds is 7. The van der Waals surface area contributed by atoms with E-state index in [-0.39, 0.29) is 17.6 Å². The summed E-state index contributed by atoms with van der Waals surface area (Å²) in [6.07, 6.45) is 0.880. The van der Waals surface area contributed by atoms with Crippen molar-refractivity contribution in [3.8, 4) is 6.01 Å². The molecule has 0 saturated carbocycles. The van der Waals surface area contributed by atoms with Crippen LogP contribution in [0.4, 0.5) is 11.9 Å². The van der Waals surface area contributed by atoms with Gasteiger partial charge in [0.1, 0.15) is 0 Å². The van der Waals surface area contributed by atoms with Crippen molar-refractivity contribution >= 4 is 11.9 Å². The summed E-state index contributed by atoms with van der Waals surface area (Å²) in [5.74, 6) is 0.521. The topological polar surface area (TPSA) is 95.2 Å². The van der Waals surface area contributed by atoms with Crippen molar-refractivity contribution in [3.63, 3.8) is 0 Å². The summed E-state index contributed by atoms with van der Waals surface area (Å²) in [6, 6.07) is 0.238. The van der Waals surface area contributed by atoms with E-state index >= 15 is 0 Å². The summed E-state index contributed by atoms with van der Waals surface area (Å²) in [5, 5.41) is 3.05. The molecular formula is C11H21N5O2. The van der Waals surface area contributed by atoms with Gasteiger partial charge in [-0.1, -0.05) is 6.92 Å². The number of hydrogen-bond acceptors (Lipinski definition) is 7. The van der Waals surface area contributed by atoms with Gasteiger partial charge in [0.25, 0.3) is 0 Å². The minimum atomic E-state index is -0.314. The maximum absolute atomic E-state index is 5.59. The Morgan fingerprint density at radius 3 is 2.61 bits per heavy atom. The van der Waals surface area contributed by atoms with Crippen molar-refractivity contribution in [3.05, 3.63) is 0 Å². The first-order chi connectivity index (χ1) is 8.46. The molecule has 0 unspecified atom stereocenters. The maximum atomic E-state index is 5.59. The fraction of sp³-hybridized carbons (Fsp3) is 0.727. The molecule has 0 aliphatic heterocycles. The van der Waals surface area contributed by atoms with Gasteiger partial charge in [0.15, 0.2) is 0 Å². The van der Waals surface area contributed by atoms with Crippen molar-refractivity contribution in [1.29, 1.82) is 0 Å². The Labute approximate surface area is 107 Å². The van der Waals surface area contributed by atoms with E-state index in [0.717, 1.165) is 6.42 Å². The molecule has 18 heavy (non-hydrogen) atoms. The average molecular weight is 255 g/mol. The number of aromatic nitrogens is 3. The number of anilines is 2. The Kier molecular flexibility index (Phi) is 5.08. The summed E-state index contributed by atoms with van der Waals surface area (Å²) in [4.78, 5) is 12.0. The summed E-state index contributed by atoms with van der Waals surface area (Å²) < 4.78 is 10.6. The second-order valence-electron chi connectivity index (χ2n) is 4.47. The van der Waals surface area contributed by atoms with E-state index in [1.54, 1.807) is 7.11 Å². The Morgan fingerprint density at radius 1 is 1.28 bits per heavy atom. The van der Waals surface area contributed by atoms with E-state index in [0.29, 0.717) is 19.1 Å². The van der Waals surface area contributed by atoms with Gasteiger partial charge in [-0.15, -0.1) is 0 Å². The third-order valence-electron chi connectivity index (χ3n) is 2.29. The predicted octanol–water partition coefficient (Wildman–Crippen LogP) is 1.08. The number of hydrogen-bond donors (Lipinski definition) is 2. The zero-order chi connectivity index (χ0) is 13.6. The van der Waals surface area contributed by atoms with Gasteiger partial charge in [-0.05, 0) is 20.3 Å². The number of methoxy groups -OCH3 is 1. The van der Waals surface area contributed by atoms with Crippen LogP contribution in [0.5, 0.6) is 6.01 Å². The quantitative estimate of drug-likeness (QED) is 0.752. The van der Waals surface area contributed by atoms with Crippen LogP contribution in [-0.2, 0) is 4.74 Å². The lowest BCUT2D eigenvalue weighted by Crippen LogP contribution is -2.32. The smallest absolute Gasteiger partial charge is 0.323 e. The number of nitrogens with two attached hydrogens (primary N) is 1. The molecule has 0 saturated heterocycles. The fourth-order valence-electron chi connectivity index (χ4n) is 1.07. The molecule has 3 N–H and O–H groups in total. The average Bonchev–Trinajstić information content (AvgIpc) is 2.33. The van der Waals surface area contributed by atoms with Crippen LogP contribution in [0.25, 0.3) is 0 Å². The highest BCUT2D eigenvalue weighted by atomic mass is 16.5. The normalized spacial score (nSPS) is 11.3. The molecule has 0 aliphatic carbocycles. The summed E-state index contributed by atoms with van der Waals surface area (Å²) in [7, 11) is 1.65. The van der Waals surface area contributed by atoms with Crippen LogP contribution in [0.1, 0.15) is 27.2 Å². The van der Waals surface area contributed by atoms with Gasteiger partial charge in [0.2, 0.25) is 11.9 Å². The molecule has 0 aliphatic rings. The van der Waals surface area contributed by atoms with Crippen LogP contribution < -0.4 is 15.8 Å². The molecule has 0 aromatic carbocycles. The molecule has 0 fully saturated rings. The van der Waals surface area contributed by atoms with Crippen molar-refractivity contribution in [2.75, 3.05) is 31.3 Å². The number of ether oxygens (including phenoxy) is 2. The van der Waals surface area contributed by atoms with Crippen LogP contribution in [0, 0.1) is 0 Å². The molecule has 0 radical (unpaired) electrons. The molecule has 7 heteroatoms. The number of nitrogens with zero attached hydrogens (tertiary/aromatic N) is 3. The molecule has 1 aromatic heterocycles. The molecule has 1 heterocycles. The van der Waals surface area contributed by atoms with Crippen LogP contribution in [0.3, 0.4) is 0 Å². The zero-order valence-corrected chi connectivity index (χ0v) is 11.4. The van der Waals surface area contributed by atoms with Crippen molar-refractivity contribution in [1.82, 2.24) is 15.0 Å². The SMILES string of the molecule is CCCOc1nc(N)nc(NCC(C)(C)OC)n1. The lowest BCUT2D eigenvalue weighted by molar-refractivity contribution is 0.0342. The molecule has 7 nitrogen and oxygen atoms in total. The Balaban J connectivity index is 2.68. The first-order valence-corrected chi connectivity index (χ1v) is 5.90. The van der Waals surface area contributed by atoms with E-state index in [1.807, 2.05) is 20.8 Å². The Hall–Kier alpha value is -1.63. The molecule has 0 bridgehead atoms. The van der Waals surface area contributed by atoms with Crippen LogP contribution in [0.2, 0.25) is 0 Å². The third-order valence-corrected chi connectivity index (χ3v) is 2.29. The monoisotopic (exact) mass is 255 g/mol. The standard InChI is InChI=1S/C11H21N5O2/c1-5-6-18-10-15-8(12)14-9(16-10)13-7-11(2,3)17-4/h5-7H2,1-4H3,(H3,12,13,14,15,16). The highest BCUT2D eigenvalue weighted by Crippen LogP contribution is 2.12. The summed E-state index contributed by atoms with van der Waals surface area (Å²) in [6.45, 7) is 7.02. The van der Waals surface area contributed by atoms with E-state index in [1.165, 1.54) is 0 Å². The second-order valence-corrected chi connectivity index (χ2v) is 4.47. The van der Waals surface area contributed by atoms with E-state index < -0.39 is 0 Å². The van der Waals surface area contributed by atoms with Crippen LogP contribution >= 0.6 is 0 Å². The molecule has 1 rings (SSSR count). The van der Waals surface area contributed by atoms with E-state index in [4.69, 9.17) is 15.2 Å². The van der Waals surface area contributed by atoms with Crippen molar-refractivity contribution < 1.29 is 9.47 Å². The molecule has 102 valence electrons. The van der Waals surface area contributed by atoms with Gasteiger partial charge < -0.3 is 20.5 Å². The van der Waals surface area contributed by atoms with Crippen LogP contribution in [-0.4, -0.2) is 40.8 Å². The largest absolute Gasteiger partial charge is 0.463 e. The number of nitrogen functional groups attached to an aromatic ring is 1. The van der Waals surface area contributed by atoms with E-state index in [9.17, 15) is 0 Å². The summed E-state index contributed by atoms with van der Waals surface area (Å²) in [5.41, 5.74) is 5.28. The fourth-order valence-corrected chi connectivity index (χ4v) is 1.07. The van der Waals surface area contributed by atoms with Gasteiger partial charge >= 0.3 is 6.01 Å². The molecule has 0 spiro atoms. The lowest BCUT2D eigenvalue weighted by atomic mass is 10.1. The Bertz CT molecular complexity index is 384. The first-order valence-electron chi connectivity index (χ1n) is 5.90. The predicted molar refractivity (Wildman–Crippen MR) is 69.6 cm³/mol. The Morgan fingerprint density at radius 2 is 2.00 bits per heavy atom. The minimum Gasteiger partial charge on any atom is -0.463 e.